The van der Waals surface area contributed by atoms with Crippen LogP contribution < -0.4 is 5.32 Å². The zero-order chi connectivity index (χ0) is 24.3. The number of carbonyl (C=O) groups is 3. The summed E-state index contributed by atoms with van der Waals surface area (Å²) in [5.41, 5.74) is 3.38. The van der Waals surface area contributed by atoms with Crippen molar-refractivity contribution >= 4 is 24.0 Å². The Morgan fingerprint density at radius 2 is 1.82 bits per heavy atom. The fourth-order valence-electron chi connectivity index (χ4n) is 3.63. The molecule has 0 radical (unpaired) electrons. The number of carbonyl (C=O) groups excluding carboxylic acids is 3. The van der Waals surface area contributed by atoms with Crippen LogP contribution in [0.3, 0.4) is 0 Å². The Morgan fingerprint density at radius 3 is 2.50 bits per heavy atom. The fraction of sp³-hybridized carbons (Fsp3) is 0.250. The van der Waals surface area contributed by atoms with Crippen molar-refractivity contribution in [2.24, 2.45) is 5.92 Å². The normalized spacial score (nSPS) is 15.0. The summed E-state index contributed by atoms with van der Waals surface area (Å²) in [5, 5.41) is 2.51. The summed E-state index contributed by atoms with van der Waals surface area (Å²) < 4.78 is 4.61. The van der Waals surface area contributed by atoms with Crippen LogP contribution in [0.2, 0.25) is 0 Å². The molecule has 3 rings (SSSR count). The monoisotopic (exact) mass is 458 g/mol. The van der Waals surface area contributed by atoms with Gasteiger partial charge >= 0.3 is 12.0 Å². The largest absolute Gasteiger partial charge is 0.466 e. The highest BCUT2D eigenvalue weighted by Crippen LogP contribution is 2.19. The van der Waals surface area contributed by atoms with Gasteiger partial charge in [0.2, 0.25) is 0 Å². The fourth-order valence-corrected chi connectivity index (χ4v) is 3.63. The van der Waals surface area contributed by atoms with Crippen LogP contribution in [0.25, 0.3) is 6.08 Å². The molecule has 176 valence electrons. The summed E-state index contributed by atoms with van der Waals surface area (Å²) in [7, 11) is 1.33. The van der Waals surface area contributed by atoms with Crippen molar-refractivity contribution in [2.45, 2.75) is 26.3 Å². The van der Waals surface area contributed by atoms with Gasteiger partial charge in [0.1, 0.15) is 0 Å². The Balaban J connectivity index is 1.70. The van der Waals surface area contributed by atoms with Gasteiger partial charge in [0.25, 0.3) is 5.91 Å². The minimum atomic E-state index is -0.433. The Bertz CT molecular complexity index is 1090. The average molecular weight is 459 g/mol. The Morgan fingerprint density at radius 1 is 1.09 bits per heavy atom. The highest BCUT2D eigenvalue weighted by Gasteiger charge is 2.18. The molecule has 3 amide bonds. The highest BCUT2D eigenvalue weighted by molar-refractivity contribution is 6.04. The summed E-state index contributed by atoms with van der Waals surface area (Å²) in [4.78, 5) is 38.5. The lowest BCUT2D eigenvalue weighted by Crippen LogP contribution is -2.43. The number of nitrogens with zero attached hydrogens (tertiary/aromatic N) is 1. The zero-order valence-corrected chi connectivity index (χ0v) is 19.6. The second-order valence-electron chi connectivity index (χ2n) is 8.25. The van der Waals surface area contributed by atoms with E-state index in [1.165, 1.54) is 18.8 Å². The number of hydrogen-bond donors (Lipinski definition) is 1. The lowest BCUT2D eigenvalue weighted by Gasteiger charge is -2.24. The van der Waals surface area contributed by atoms with Crippen LogP contribution in [0.15, 0.2) is 84.5 Å². The van der Waals surface area contributed by atoms with Crippen LogP contribution in [-0.2, 0) is 16.1 Å². The standard InChI is InChI=1S/C28H30N2O4/c1-21-7-6-8-23(19-21)17-18-30(28(33)29-27(32)25-9-4-3-5-10-25)20-24-13-11-22(12-14-24)15-16-26(31)34-2/h3-6,8-16,19,21H,7,17-18,20H2,1-2H3,(H,29,32,33)/b16-15+. The number of methoxy groups -OCH3 is 1. The number of imide groups is 1. The molecule has 6 heteroatoms. The maximum absolute atomic E-state index is 13.0. The number of rotatable bonds is 8. The molecule has 34 heavy (non-hydrogen) atoms. The van der Waals surface area contributed by atoms with Gasteiger partial charge in [0.15, 0.2) is 0 Å². The Kier molecular flexibility index (Phi) is 8.97. The quantitative estimate of drug-likeness (QED) is 0.439. The molecule has 0 fully saturated rings. The van der Waals surface area contributed by atoms with E-state index in [0.717, 1.165) is 17.5 Å². The topological polar surface area (TPSA) is 75.7 Å². The van der Waals surface area contributed by atoms with Gasteiger partial charge in [-0.15, -0.1) is 0 Å². The molecule has 1 aliphatic carbocycles. The third-order valence-corrected chi connectivity index (χ3v) is 5.52. The van der Waals surface area contributed by atoms with E-state index in [4.69, 9.17) is 0 Å². The smallest absolute Gasteiger partial charge is 0.330 e. The molecule has 1 aliphatic rings. The molecule has 0 aromatic heterocycles. The Hall–Kier alpha value is -3.93. The molecule has 2 aromatic carbocycles. The predicted molar refractivity (Wildman–Crippen MR) is 133 cm³/mol. The molecular formula is C28H30N2O4. The van der Waals surface area contributed by atoms with Crippen LogP contribution in [0.1, 0.15) is 41.3 Å². The number of allylic oxidation sites excluding steroid dienone is 3. The number of esters is 1. The molecule has 0 aliphatic heterocycles. The first-order valence-corrected chi connectivity index (χ1v) is 11.3. The SMILES string of the molecule is COC(=O)/C=C/c1ccc(CN(CCC2=CC(C)CC=C2)C(=O)NC(=O)c2ccccc2)cc1. The van der Waals surface area contributed by atoms with Gasteiger partial charge in [0, 0.05) is 24.7 Å². The van der Waals surface area contributed by atoms with E-state index in [2.05, 4.69) is 35.2 Å². The number of hydrogen-bond acceptors (Lipinski definition) is 4. The second-order valence-corrected chi connectivity index (χ2v) is 8.25. The first-order valence-electron chi connectivity index (χ1n) is 11.3. The molecule has 1 N–H and O–H groups in total. The molecule has 0 bridgehead atoms. The predicted octanol–water partition coefficient (Wildman–Crippen LogP) is 5.14. The number of benzene rings is 2. The molecule has 1 unspecified atom stereocenters. The summed E-state index contributed by atoms with van der Waals surface area (Å²) >= 11 is 0. The molecule has 2 aromatic rings. The van der Waals surface area contributed by atoms with Crippen LogP contribution in [0.4, 0.5) is 4.79 Å². The second kappa shape index (κ2) is 12.3. The van der Waals surface area contributed by atoms with Gasteiger partial charge in [-0.1, -0.05) is 73.2 Å². The van der Waals surface area contributed by atoms with E-state index < -0.39 is 17.9 Å². The molecule has 0 saturated carbocycles. The summed E-state index contributed by atoms with van der Waals surface area (Å²) in [5.74, 6) is -0.368. The number of amides is 3. The van der Waals surface area contributed by atoms with Crippen LogP contribution in [0.5, 0.6) is 0 Å². The van der Waals surface area contributed by atoms with Gasteiger partial charge in [-0.05, 0) is 48.1 Å². The molecule has 0 saturated heterocycles. The lowest BCUT2D eigenvalue weighted by atomic mass is 9.96. The first kappa shape index (κ1) is 24.7. The molecule has 1 atom stereocenters. The van der Waals surface area contributed by atoms with Crippen molar-refractivity contribution in [3.05, 3.63) is 101 Å². The van der Waals surface area contributed by atoms with Crippen molar-refractivity contribution < 1.29 is 19.1 Å². The molecule has 0 spiro atoms. The first-order chi connectivity index (χ1) is 16.4. The summed E-state index contributed by atoms with van der Waals surface area (Å²) in [6.07, 6.45) is 11.2. The van der Waals surface area contributed by atoms with E-state index in [-0.39, 0.29) is 0 Å². The van der Waals surface area contributed by atoms with Gasteiger partial charge < -0.3 is 9.64 Å². The van der Waals surface area contributed by atoms with Crippen LogP contribution in [0, 0.1) is 5.92 Å². The minimum absolute atomic E-state index is 0.349. The van der Waals surface area contributed by atoms with Gasteiger partial charge in [-0.3, -0.25) is 10.1 Å². The summed E-state index contributed by atoms with van der Waals surface area (Å²) in [6, 6.07) is 15.8. The molecule has 6 nitrogen and oxygen atoms in total. The van der Waals surface area contributed by atoms with Crippen molar-refractivity contribution in [2.75, 3.05) is 13.7 Å². The van der Waals surface area contributed by atoms with Crippen molar-refractivity contribution in [3.8, 4) is 0 Å². The highest BCUT2D eigenvalue weighted by atomic mass is 16.5. The van der Waals surface area contributed by atoms with Crippen molar-refractivity contribution in [1.82, 2.24) is 10.2 Å². The molecule has 0 heterocycles. The van der Waals surface area contributed by atoms with Crippen molar-refractivity contribution in [3.63, 3.8) is 0 Å². The summed E-state index contributed by atoms with van der Waals surface area (Å²) in [6.45, 7) is 2.99. The lowest BCUT2D eigenvalue weighted by molar-refractivity contribution is -0.134. The minimum Gasteiger partial charge on any atom is -0.466 e. The van der Waals surface area contributed by atoms with E-state index in [1.807, 2.05) is 30.3 Å². The maximum atomic E-state index is 13.0. The third kappa shape index (κ3) is 7.59. The van der Waals surface area contributed by atoms with Crippen LogP contribution >= 0.6 is 0 Å². The number of urea groups is 1. The average Bonchev–Trinajstić information content (AvgIpc) is 2.86. The number of nitrogens with one attached hydrogen (secondary N) is 1. The van der Waals surface area contributed by atoms with Gasteiger partial charge in [0.05, 0.1) is 7.11 Å². The van der Waals surface area contributed by atoms with Crippen LogP contribution in [-0.4, -0.2) is 36.5 Å². The Labute approximate surface area is 200 Å². The third-order valence-electron chi connectivity index (χ3n) is 5.52. The molecular weight excluding hydrogens is 428 g/mol. The van der Waals surface area contributed by atoms with Gasteiger partial charge in [-0.2, -0.15) is 0 Å². The van der Waals surface area contributed by atoms with E-state index in [1.54, 1.807) is 35.2 Å². The van der Waals surface area contributed by atoms with E-state index in [9.17, 15) is 14.4 Å². The van der Waals surface area contributed by atoms with Gasteiger partial charge in [-0.25, -0.2) is 9.59 Å². The van der Waals surface area contributed by atoms with E-state index >= 15 is 0 Å². The maximum Gasteiger partial charge on any atom is 0.330 e. The zero-order valence-electron chi connectivity index (χ0n) is 19.6. The van der Waals surface area contributed by atoms with Crippen molar-refractivity contribution in [1.29, 1.82) is 0 Å². The van der Waals surface area contributed by atoms with E-state index in [0.29, 0.717) is 31.0 Å². The number of ether oxygens (including phenoxy) is 1.